The molecule has 8 nitrogen and oxygen atoms in total. The summed E-state index contributed by atoms with van der Waals surface area (Å²) in [4.78, 5) is 34.5. The van der Waals surface area contributed by atoms with E-state index in [4.69, 9.17) is 18.5 Å². The molecular weight excluding hydrogens is 603 g/mol. The van der Waals surface area contributed by atoms with Gasteiger partial charge in [0.05, 0.1) is 13.2 Å². The van der Waals surface area contributed by atoms with Crippen molar-refractivity contribution in [3.05, 3.63) is 0 Å². The molecule has 2 unspecified atom stereocenters. The average molecular weight is 677 g/mol. The third-order valence-corrected chi connectivity index (χ3v) is 9.47. The van der Waals surface area contributed by atoms with Gasteiger partial charge in [-0.15, -0.1) is 0 Å². The zero-order valence-electron chi connectivity index (χ0n) is 30.2. The van der Waals surface area contributed by atoms with Gasteiger partial charge in [0, 0.05) is 12.8 Å². The number of unbranched alkanes of at least 4 members (excludes halogenated alkanes) is 24. The van der Waals surface area contributed by atoms with Crippen LogP contribution in [0.3, 0.4) is 0 Å². The molecule has 0 bridgehead atoms. The maximum atomic E-state index is 12.5. The maximum absolute atomic E-state index is 12.5. The van der Waals surface area contributed by atoms with E-state index in [0.29, 0.717) is 6.42 Å². The molecule has 9 heteroatoms. The van der Waals surface area contributed by atoms with E-state index in [1.165, 1.54) is 128 Å². The number of ether oxygens (including phenoxy) is 2. The van der Waals surface area contributed by atoms with Crippen LogP contribution in [0, 0.1) is 0 Å². The molecule has 0 radical (unpaired) electrons. The number of carbonyl (C=O) groups excluding carboxylic acids is 2. The van der Waals surface area contributed by atoms with E-state index in [-0.39, 0.29) is 32.2 Å². The number of phosphoric acid groups is 1. The minimum Gasteiger partial charge on any atom is -0.462 e. The van der Waals surface area contributed by atoms with Crippen molar-refractivity contribution in [2.75, 3.05) is 19.8 Å². The second-order valence-electron chi connectivity index (χ2n) is 13.0. The van der Waals surface area contributed by atoms with E-state index in [2.05, 4.69) is 13.8 Å². The summed E-state index contributed by atoms with van der Waals surface area (Å²) in [5.41, 5.74) is 0. The Morgan fingerprint density at radius 2 is 0.848 bits per heavy atom. The zero-order chi connectivity index (χ0) is 34.0. The number of esters is 2. The van der Waals surface area contributed by atoms with Gasteiger partial charge in [-0.05, 0) is 19.8 Å². The maximum Gasteiger partial charge on any atom is 0.472 e. The van der Waals surface area contributed by atoms with Crippen molar-refractivity contribution in [3.8, 4) is 0 Å². The van der Waals surface area contributed by atoms with Crippen LogP contribution in [-0.2, 0) is 32.7 Å². The van der Waals surface area contributed by atoms with Crippen molar-refractivity contribution in [2.45, 2.75) is 207 Å². The molecule has 0 saturated heterocycles. The van der Waals surface area contributed by atoms with Gasteiger partial charge in [-0.3, -0.25) is 18.6 Å². The highest BCUT2D eigenvalue weighted by Gasteiger charge is 2.25. The van der Waals surface area contributed by atoms with E-state index >= 15 is 0 Å². The number of phosphoric ester groups is 1. The van der Waals surface area contributed by atoms with Crippen molar-refractivity contribution >= 4 is 19.8 Å². The molecule has 0 amide bonds. The molecule has 0 aliphatic rings. The predicted molar refractivity (Wildman–Crippen MR) is 189 cm³/mol. The fraction of sp³-hybridized carbons (Fsp3) is 0.946. The molecule has 0 aromatic heterocycles. The Hall–Kier alpha value is -0.950. The smallest absolute Gasteiger partial charge is 0.462 e. The standard InChI is InChI=1S/C37H73O8P/c1-4-7-9-11-13-15-17-19-20-22-24-26-28-30-32-37(39)45-35(34-44-46(40,41)43-6-3)33-42-36(38)31-29-27-25-23-21-18-16-14-12-10-8-5-2/h35H,4-34H2,1-3H3,(H,40,41). The average Bonchev–Trinajstić information content (AvgIpc) is 3.03. The summed E-state index contributed by atoms with van der Waals surface area (Å²) in [6.45, 7) is 5.48. The summed E-state index contributed by atoms with van der Waals surface area (Å²) >= 11 is 0. The summed E-state index contributed by atoms with van der Waals surface area (Å²) < 4.78 is 32.5. The first kappa shape index (κ1) is 45.0. The molecule has 2 atom stereocenters. The molecule has 0 aliphatic carbocycles. The lowest BCUT2D eigenvalue weighted by Gasteiger charge is -2.19. The van der Waals surface area contributed by atoms with E-state index in [0.717, 1.165) is 38.5 Å². The normalized spacial score (nSPS) is 13.4. The van der Waals surface area contributed by atoms with E-state index in [1.807, 2.05) is 0 Å². The molecule has 0 fully saturated rings. The minimum absolute atomic E-state index is 0.00535. The molecule has 0 spiro atoms. The van der Waals surface area contributed by atoms with E-state index in [9.17, 15) is 19.0 Å². The van der Waals surface area contributed by atoms with E-state index in [1.54, 1.807) is 6.92 Å². The van der Waals surface area contributed by atoms with Crippen molar-refractivity contribution in [1.82, 2.24) is 0 Å². The summed E-state index contributed by atoms with van der Waals surface area (Å²) in [6, 6.07) is 0. The molecule has 0 aliphatic heterocycles. The van der Waals surface area contributed by atoms with Crippen LogP contribution in [0.5, 0.6) is 0 Å². The van der Waals surface area contributed by atoms with Gasteiger partial charge in [-0.25, -0.2) is 4.57 Å². The highest BCUT2D eigenvalue weighted by atomic mass is 31.2. The van der Waals surface area contributed by atoms with Crippen LogP contribution < -0.4 is 0 Å². The van der Waals surface area contributed by atoms with Crippen LogP contribution >= 0.6 is 7.82 Å². The summed E-state index contributed by atoms with van der Waals surface area (Å²) in [5, 5.41) is 0. The van der Waals surface area contributed by atoms with Gasteiger partial charge in [-0.2, -0.15) is 0 Å². The number of hydrogen-bond donors (Lipinski definition) is 1. The Labute approximate surface area is 283 Å². The van der Waals surface area contributed by atoms with E-state index < -0.39 is 19.9 Å². The fourth-order valence-electron chi connectivity index (χ4n) is 5.57. The number of hydrogen-bond acceptors (Lipinski definition) is 7. The van der Waals surface area contributed by atoms with Gasteiger partial charge >= 0.3 is 19.8 Å². The fourth-order valence-corrected chi connectivity index (χ4v) is 6.33. The lowest BCUT2D eigenvalue weighted by molar-refractivity contribution is -0.161. The van der Waals surface area contributed by atoms with Gasteiger partial charge in [0.1, 0.15) is 6.61 Å². The first-order valence-electron chi connectivity index (χ1n) is 19.3. The van der Waals surface area contributed by atoms with Crippen LogP contribution in [0.2, 0.25) is 0 Å². The Morgan fingerprint density at radius 3 is 1.22 bits per heavy atom. The third-order valence-electron chi connectivity index (χ3n) is 8.41. The molecule has 0 aromatic carbocycles. The van der Waals surface area contributed by atoms with Crippen molar-refractivity contribution in [3.63, 3.8) is 0 Å². The Morgan fingerprint density at radius 1 is 0.500 bits per heavy atom. The first-order valence-corrected chi connectivity index (χ1v) is 20.8. The quantitative estimate of drug-likeness (QED) is 0.0397. The first-order chi connectivity index (χ1) is 22.3. The van der Waals surface area contributed by atoms with Crippen LogP contribution in [-0.4, -0.2) is 42.8 Å². The Kier molecular flexibility index (Phi) is 33.2. The van der Waals surface area contributed by atoms with Gasteiger partial charge in [0.25, 0.3) is 0 Å². The second kappa shape index (κ2) is 33.9. The monoisotopic (exact) mass is 677 g/mol. The summed E-state index contributed by atoms with van der Waals surface area (Å²) in [5.74, 6) is -0.786. The summed E-state index contributed by atoms with van der Waals surface area (Å²) in [7, 11) is -4.26. The SMILES string of the molecule is CCCCCCCCCCCCCCCCC(=O)OC(COC(=O)CCCCCCCCCCCCCC)COP(=O)(O)OCC. The molecule has 0 rings (SSSR count). The minimum atomic E-state index is -4.26. The lowest BCUT2D eigenvalue weighted by Crippen LogP contribution is -2.29. The Balaban J connectivity index is 4.11. The van der Waals surface area contributed by atoms with Gasteiger partial charge in [-0.1, -0.05) is 168 Å². The lowest BCUT2D eigenvalue weighted by atomic mass is 10.0. The third kappa shape index (κ3) is 33.0. The zero-order valence-corrected chi connectivity index (χ0v) is 31.1. The van der Waals surface area contributed by atoms with Crippen LogP contribution in [0.1, 0.15) is 201 Å². The largest absolute Gasteiger partial charge is 0.472 e. The van der Waals surface area contributed by atoms with Crippen molar-refractivity contribution in [1.29, 1.82) is 0 Å². The highest BCUT2D eigenvalue weighted by Crippen LogP contribution is 2.43. The van der Waals surface area contributed by atoms with Crippen LogP contribution in [0.15, 0.2) is 0 Å². The summed E-state index contributed by atoms with van der Waals surface area (Å²) in [6.07, 6.45) is 31.5. The molecule has 1 N–H and O–H groups in total. The second-order valence-corrected chi connectivity index (χ2v) is 14.4. The highest BCUT2D eigenvalue weighted by molar-refractivity contribution is 7.47. The molecule has 274 valence electrons. The topological polar surface area (TPSA) is 108 Å². The van der Waals surface area contributed by atoms with Crippen LogP contribution in [0.4, 0.5) is 0 Å². The molecule has 46 heavy (non-hydrogen) atoms. The van der Waals surface area contributed by atoms with Gasteiger partial charge < -0.3 is 14.4 Å². The predicted octanol–water partition coefficient (Wildman–Crippen LogP) is 11.6. The van der Waals surface area contributed by atoms with Gasteiger partial charge in [0.2, 0.25) is 0 Å². The Bertz CT molecular complexity index is 732. The molecule has 0 aromatic rings. The number of carbonyl (C=O) groups is 2. The molecular formula is C37H73O8P. The van der Waals surface area contributed by atoms with Gasteiger partial charge in [0.15, 0.2) is 6.10 Å². The van der Waals surface area contributed by atoms with Crippen LogP contribution in [0.25, 0.3) is 0 Å². The molecule has 0 heterocycles. The van der Waals surface area contributed by atoms with Crippen molar-refractivity contribution < 1.29 is 37.6 Å². The van der Waals surface area contributed by atoms with Crippen molar-refractivity contribution in [2.24, 2.45) is 0 Å². The number of rotatable bonds is 36. The molecule has 0 saturated carbocycles.